The highest BCUT2D eigenvalue weighted by atomic mass is 16.6. The maximum atomic E-state index is 5.95. The molecule has 2 fully saturated rings. The molecule has 3 heterocycles. The molecule has 1 aromatic heterocycles. The first-order valence-corrected chi connectivity index (χ1v) is 11.8. The molecule has 1 saturated carbocycles. The molecule has 5 nitrogen and oxygen atoms in total. The minimum absolute atomic E-state index is 0.643. The Hall–Kier alpha value is -2.66. The van der Waals surface area contributed by atoms with Gasteiger partial charge in [-0.05, 0) is 55.4 Å². The third kappa shape index (κ3) is 3.55. The second-order valence-electron chi connectivity index (χ2n) is 9.12. The number of rotatable bonds is 3. The zero-order chi connectivity index (χ0) is 20.6. The fourth-order valence-electron chi connectivity index (χ4n) is 5.82. The first-order valence-electron chi connectivity index (χ1n) is 11.8. The largest absolute Gasteiger partial charge is 0.486 e. The highest BCUT2D eigenvalue weighted by Crippen LogP contribution is 2.41. The van der Waals surface area contributed by atoms with Crippen LogP contribution in [0.15, 0.2) is 48.7 Å². The van der Waals surface area contributed by atoms with Crippen LogP contribution in [0.2, 0.25) is 0 Å². The number of nitrogens with one attached hydrogen (secondary N) is 1. The van der Waals surface area contributed by atoms with Gasteiger partial charge >= 0.3 is 0 Å². The van der Waals surface area contributed by atoms with Crippen molar-refractivity contribution in [3.8, 4) is 11.5 Å². The number of ether oxygens (including phenoxy) is 2. The summed E-state index contributed by atoms with van der Waals surface area (Å²) in [5, 5.41) is 1.41. The number of fused-ring (bicyclic) bond motifs is 2. The highest BCUT2D eigenvalue weighted by Gasteiger charge is 2.31. The Bertz CT molecular complexity index is 1050. The van der Waals surface area contributed by atoms with Gasteiger partial charge < -0.3 is 19.4 Å². The predicted octanol–water partition coefficient (Wildman–Crippen LogP) is 4.79. The number of piperazine rings is 1. The third-order valence-electron chi connectivity index (χ3n) is 7.47. The summed E-state index contributed by atoms with van der Waals surface area (Å²) in [6.07, 6.45) is 7.46. The zero-order valence-corrected chi connectivity index (χ0v) is 18.1. The normalized spacial score (nSPS) is 24.5. The molecule has 0 amide bonds. The molecule has 0 unspecified atom stereocenters. The van der Waals surface area contributed by atoms with Gasteiger partial charge in [-0.2, -0.15) is 0 Å². The zero-order valence-electron chi connectivity index (χ0n) is 18.1. The van der Waals surface area contributed by atoms with Gasteiger partial charge in [0.15, 0.2) is 11.5 Å². The number of H-pyrrole nitrogens is 1. The average Bonchev–Trinajstić information content (AvgIpc) is 3.28. The average molecular weight is 418 g/mol. The summed E-state index contributed by atoms with van der Waals surface area (Å²) in [4.78, 5) is 8.67. The Morgan fingerprint density at radius 3 is 2.48 bits per heavy atom. The van der Waals surface area contributed by atoms with Crippen LogP contribution in [0, 0.1) is 0 Å². The van der Waals surface area contributed by atoms with Gasteiger partial charge in [0.05, 0.1) is 5.69 Å². The smallest absolute Gasteiger partial charge is 0.184 e. The topological polar surface area (TPSA) is 40.7 Å². The van der Waals surface area contributed by atoms with Gasteiger partial charge in [-0.15, -0.1) is 0 Å². The molecule has 31 heavy (non-hydrogen) atoms. The van der Waals surface area contributed by atoms with Crippen LogP contribution in [0.25, 0.3) is 10.9 Å². The van der Waals surface area contributed by atoms with Gasteiger partial charge in [0, 0.05) is 49.3 Å². The monoisotopic (exact) mass is 417 g/mol. The molecule has 3 aliphatic rings. The van der Waals surface area contributed by atoms with Crippen LogP contribution in [0.4, 0.5) is 5.69 Å². The standard InChI is InChI=1S/C26H31N3O2/c1-2-5-23-21(4-1)22(18-27-23)19-8-10-20(11-9-19)28-12-14-29(15-13-28)24-6-3-7-25-26(24)31-17-16-30-25/h1-7,18-20,27H,8-17H2. The van der Waals surface area contributed by atoms with Crippen molar-refractivity contribution in [1.29, 1.82) is 0 Å². The Morgan fingerprint density at radius 1 is 0.806 bits per heavy atom. The van der Waals surface area contributed by atoms with E-state index in [-0.39, 0.29) is 0 Å². The van der Waals surface area contributed by atoms with Crippen molar-refractivity contribution in [1.82, 2.24) is 9.88 Å². The van der Waals surface area contributed by atoms with E-state index in [0.717, 1.165) is 43.7 Å². The second kappa shape index (κ2) is 8.12. The molecule has 6 rings (SSSR count). The van der Waals surface area contributed by atoms with E-state index in [1.807, 2.05) is 6.07 Å². The summed E-state index contributed by atoms with van der Waals surface area (Å²) in [7, 11) is 0. The van der Waals surface area contributed by atoms with E-state index in [2.05, 4.69) is 57.4 Å². The van der Waals surface area contributed by atoms with E-state index in [1.54, 1.807) is 0 Å². The molecule has 3 aromatic rings. The fourth-order valence-corrected chi connectivity index (χ4v) is 5.82. The van der Waals surface area contributed by atoms with E-state index < -0.39 is 0 Å². The van der Waals surface area contributed by atoms with E-state index in [4.69, 9.17) is 9.47 Å². The molecule has 0 bridgehead atoms. The number of para-hydroxylation sites is 2. The van der Waals surface area contributed by atoms with Crippen molar-refractivity contribution >= 4 is 16.6 Å². The van der Waals surface area contributed by atoms with Crippen molar-refractivity contribution in [2.75, 3.05) is 44.3 Å². The molecule has 1 aliphatic carbocycles. The lowest BCUT2D eigenvalue weighted by Crippen LogP contribution is -2.51. The summed E-state index contributed by atoms with van der Waals surface area (Å²) < 4.78 is 11.7. The van der Waals surface area contributed by atoms with Crippen molar-refractivity contribution in [2.45, 2.75) is 37.6 Å². The molecule has 1 saturated heterocycles. The van der Waals surface area contributed by atoms with Crippen molar-refractivity contribution in [3.63, 3.8) is 0 Å². The molecular weight excluding hydrogens is 386 g/mol. The van der Waals surface area contributed by atoms with Crippen LogP contribution in [-0.4, -0.2) is 55.3 Å². The SMILES string of the molecule is c1cc2c(c(N3CCN(C4CCC(c5c[nH]c6ccccc56)CC4)CC3)c1)OCCO2. The second-order valence-corrected chi connectivity index (χ2v) is 9.12. The van der Waals surface area contributed by atoms with Gasteiger partial charge in [0.2, 0.25) is 0 Å². The third-order valence-corrected chi connectivity index (χ3v) is 7.47. The molecule has 0 atom stereocenters. The maximum Gasteiger partial charge on any atom is 0.184 e. The minimum Gasteiger partial charge on any atom is -0.486 e. The fraction of sp³-hybridized carbons (Fsp3) is 0.462. The van der Waals surface area contributed by atoms with Crippen LogP contribution in [-0.2, 0) is 0 Å². The Kier molecular flexibility index (Phi) is 4.99. The van der Waals surface area contributed by atoms with Crippen molar-refractivity contribution < 1.29 is 9.47 Å². The Balaban J connectivity index is 1.07. The lowest BCUT2D eigenvalue weighted by Gasteiger charge is -2.43. The number of nitrogens with zero attached hydrogens (tertiary/aromatic N) is 2. The van der Waals surface area contributed by atoms with Gasteiger partial charge in [-0.3, -0.25) is 4.90 Å². The lowest BCUT2D eigenvalue weighted by molar-refractivity contribution is 0.140. The molecule has 5 heteroatoms. The number of benzene rings is 2. The van der Waals surface area contributed by atoms with Gasteiger partial charge in [-0.25, -0.2) is 0 Å². The molecule has 2 aliphatic heterocycles. The minimum atomic E-state index is 0.643. The van der Waals surface area contributed by atoms with E-state index in [9.17, 15) is 0 Å². The van der Waals surface area contributed by atoms with Crippen LogP contribution in [0.3, 0.4) is 0 Å². The summed E-state index contributed by atoms with van der Waals surface area (Å²) in [6.45, 7) is 5.67. The molecule has 0 spiro atoms. The van der Waals surface area contributed by atoms with Crippen LogP contribution in [0.5, 0.6) is 11.5 Å². The van der Waals surface area contributed by atoms with Gasteiger partial charge in [0.1, 0.15) is 13.2 Å². The quantitative estimate of drug-likeness (QED) is 0.665. The van der Waals surface area contributed by atoms with Crippen molar-refractivity contribution in [2.24, 2.45) is 0 Å². The number of hydrogen-bond acceptors (Lipinski definition) is 4. The lowest BCUT2D eigenvalue weighted by atomic mass is 9.81. The van der Waals surface area contributed by atoms with Crippen molar-refractivity contribution in [3.05, 3.63) is 54.2 Å². The van der Waals surface area contributed by atoms with Crippen LogP contribution in [0.1, 0.15) is 37.2 Å². The first kappa shape index (κ1) is 19.1. The number of aromatic amines is 1. The molecule has 162 valence electrons. The Labute approximate surface area is 183 Å². The number of hydrogen-bond donors (Lipinski definition) is 1. The number of anilines is 1. The predicted molar refractivity (Wildman–Crippen MR) is 125 cm³/mol. The highest BCUT2D eigenvalue weighted by molar-refractivity contribution is 5.83. The van der Waals surface area contributed by atoms with E-state index >= 15 is 0 Å². The first-order chi connectivity index (χ1) is 15.4. The molecular formula is C26H31N3O2. The van der Waals surface area contributed by atoms with E-state index in [0.29, 0.717) is 19.1 Å². The number of aromatic nitrogens is 1. The maximum absolute atomic E-state index is 5.95. The molecule has 0 radical (unpaired) electrons. The van der Waals surface area contributed by atoms with Crippen LogP contribution < -0.4 is 14.4 Å². The van der Waals surface area contributed by atoms with E-state index in [1.165, 1.54) is 47.8 Å². The Morgan fingerprint density at radius 2 is 1.61 bits per heavy atom. The summed E-state index contributed by atoms with van der Waals surface area (Å²) in [5.41, 5.74) is 3.99. The summed E-state index contributed by atoms with van der Waals surface area (Å²) in [5.74, 6) is 2.52. The molecule has 1 N–H and O–H groups in total. The summed E-state index contributed by atoms with van der Waals surface area (Å²) in [6, 6.07) is 15.7. The summed E-state index contributed by atoms with van der Waals surface area (Å²) >= 11 is 0. The van der Waals surface area contributed by atoms with Gasteiger partial charge in [0.25, 0.3) is 0 Å². The van der Waals surface area contributed by atoms with Crippen LogP contribution >= 0.6 is 0 Å². The van der Waals surface area contributed by atoms with Gasteiger partial charge in [-0.1, -0.05) is 24.3 Å². The molecule has 2 aromatic carbocycles.